The van der Waals surface area contributed by atoms with Gasteiger partial charge < -0.3 is 5.11 Å². The van der Waals surface area contributed by atoms with Crippen LogP contribution >= 0.6 is 0 Å². The van der Waals surface area contributed by atoms with Crippen LogP contribution in [0.2, 0.25) is 0 Å². The Morgan fingerprint density at radius 1 is 0.692 bits per heavy atom. The minimum Gasteiger partial charge on any atom is -0.476 e. The number of pyridine rings is 1. The second-order valence-corrected chi connectivity index (χ2v) is 5.72. The first-order chi connectivity index (χ1) is 12.7. The average Bonchev–Trinajstić information content (AvgIpc) is 3.19. The highest BCUT2D eigenvalue weighted by atomic mass is 16.4. The third-order valence-corrected chi connectivity index (χ3v) is 4.14. The van der Waals surface area contributed by atoms with Gasteiger partial charge in [-0.05, 0) is 34.4 Å². The number of aromatic carboxylic acids is 1. The third kappa shape index (κ3) is 2.95. The molecule has 0 saturated carbocycles. The van der Waals surface area contributed by atoms with E-state index in [0.29, 0.717) is 11.3 Å². The van der Waals surface area contributed by atoms with Crippen molar-refractivity contribution in [2.75, 3.05) is 0 Å². The van der Waals surface area contributed by atoms with Gasteiger partial charge in [0.2, 0.25) is 0 Å². The summed E-state index contributed by atoms with van der Waals surface area (Å²) in [6.07, 6.45) is 3.55. The van der Waals surface area contributed by atoms with Crippen molar-refractivity contribution in [2.45, 2.75) is 0 Å². The molecule has 0 saturated heterocycles. The van der Waals surface area contributed by atoms with E-state index in [-0.39, 0.29) is 5.69 Å². The minimum atomic E-state index is -1.11. The summed E-state index contributed by atoms with van der Waals surface area (Å²) in [4.78, 5) is 15.2. The van der Waals surface area contributed by atoms with E-state index in [1.165, 1.54) is 0 Å². The largest absolute Gasteiger partial charge is 0.476 e. The van der Waals surface area contributed by atoms with E-state index in [4.69, 9.17) is 5.11 Å². The molecule has 2 N–H and O–H groups in total. The SMILES string of the molecule is O=C(O)c1n[nH]nc1-c1ccc(-c2ccc(-c3ccncc3)cc2)cc1. The fraction of sp³-hybridized carbons (Fsp3) is 0. The number of carboxylic acid groups (broad SMARTS) is 1. The van der Waals surface area contributed by atoms with Gasteiger partial charge in [-0.2, -0.15) is 10.3 Å². The summed E-state index contributed by atoms with van der Waals surface area (Å²) >= 11 is 0. The number of aromatic amines is 1. The number of hydrogen-bond acceptors (Lipinski definition) is 4. The van der Waals surface area contributed by atoms with Crippen LogP contribution in [0.1, 0.15) is 10.5 Å². The maximum absolute atomic E-state index is 11.2. The second-order valence-electron chi connectivity index (χ2n) is 5.72. The molecule has 0 aliphatic heterocycles. The molecule has 0 aliphatic rings. The first-order valence-corrected chi connectivity index (χ1v) is 7.98. The van der Waals surface area contributed by atoms with E-state index in [2.05, 4.69) is 44.7 Å². The number of nitrogens with one attached hydrogen (secondary N) is 1. The molecule has 4 rings (SSSR count). The number of carboxylic acids is 1. The molecule has 2 aromatic carbocycles. The van der Waals surface area contributed by atoms with Crippen LogP contribution in [-0.2, 0) is 0 Å². The van der Waals surface area contributed by atoms with Gasteiger partial charge in [0, 0.05) is 18.0 Å². The maximum Gasteiger partial charge on any atom is 0.358 e. The van der Waals surface area contributed by atoms with Crippen molar-refractivity contribution < 1.29 is 9.90 Å². The van der Waals surface area contributed by atoms with E-state index in [9.17, 15) is 4.79 Å². The zero-order chi connectivity index (χ0) is 17.9. The Balaban J connectivity index is 1.61. The molecule has 4 aromatic rings. The van der Waals surface area contributed by atoms with Crippen LogP contribution < -0.4 is 0 Å². The van der Waals surface area contributed by atoms with Crippen LogP contribution in [0.3, 0.4) is 0 Å². The predicted octanol–water partition coefficient (Wildman–Crippen LogP) is 3.90. The summed E-state index contributed by atoms with van der Waals surface area (Å²) in [5.41, 5.74) is 5.31. The smallest absolute Gasteiger partial charge is 0.358 e. The second kappa shape index (κ2) is 6.60. The zero-order valence-electron chi connectivity index (χ0n) is 13.6. The highest BCUT2D eigenvalue weighted by Gasteiger charge is 2.16. The van der Waals surface area contributed by atoms with Crippen molar-refractivity contribution >= 4 is 5.97 Å². The minimum absolute atomic E-state index is 0.0838. The fourth-order valence-electron chi connectivity index (χ4n) is 2.80. The molecule has 0 atom stereocenters. The van der Waals surface area contributed by atoms with Crippen LogP contribution in [0.15, 0.2) is 73.1 Å². The fourth-order valence-corrected chi connectivity index (χ4v) is 2.80. The lowest BCUT2D eigenvalue weighted by molar-refractivity contribution is 0.0691. The number of rotatable bonds is 4. The van der Waals surface area contributed by atoms with Gasteiger partial charge in [-0.15, -0.1) is 5.10 Å². The molecule has 0 spiro atoms. The van der Waals surface area contributed by atoms with Gasteiger partial charge in [0.1, 0.15) is 5.69 Å². The summed E-state index contributed by atoms with van der Waals surface area (Å²) < 4.78 is 0. The maximum atomic E-state index is 11.2. The predicted molar refractivity (Wildman–Crippen MR) is 97.4 cm³/mol. The Morgan fingerprint density at radius 2 is 1.15 bits per heavy atom. The molecule has 0 amide bonds. The molecule has 0 fully saturated rings. The van der Waals surface area contributed by atoms with E-state index in [1.54, 1.807) is 12.4 Å². The molecule has 26 heavy (non-hydrogen) atoms. The van der Waals surface area contributed by atoms with Crippen LogP contribution in [0, 0.1) is 0 Å². The van der Waals surface area contributed by atoms with Crippen molar-refractivity contribution in [2.24, 2.45) is 0 Å². The Hall–Kier alpha value is -3.80. The van der Waals surface area contributed by atoms with Gasteiger partial charge in [0.05, 0.1) is 0 Å². The molecule has 6 heteroatoms. The van der Waals surface area contributed by atoms with Crippen molar-refractivity contribution in [3.63, 3.8) is 0 Å². The molecule has 0 bridgehead atoms. The van der Waals surface area contributed by atoms with E-state index >= 15 is 0 Å². The quantitative estimate of drug-likeness (QED) is 0.587. The van der Waals surface area contributed by atoms with Gasteiger partial charge >= 0.3 is 5.97 Å². The standard InChI is InChI=1S/C20H14N4O2/c25-20(26)19-18(22-24-23-19)17-7-5-14(6-8-17)13-1-3-15(4-2-13)16-9-11-21-12-10-16/h1-12H,(H,25,26)(H,22,23,24). The summed E-state index contributed by atoms with van der Waals surface area (Å²) in [7, 11) is 0. The normalized spacial score (nSPS) is 10.6. The number of hydrogen-bond donors (Lipinski definition) is 2. The Bertz CT molecular complexity index is 1040. The Morgan fingerprint density at radius 3 is 1.65 bits per heavy atom. The summed E-state index contributed by atoms with van der Waals surface area (Å²) in [6.45, 7) is 0. The molecule has 126 valence electrons. The van der Waals surface area contributed by atoms with Gasteiger partial charge in [0.25, 0.3) is 0 Å². The van der Waals surface area contributed by atoms with E-state index in [0.717, 1.165) is 22.3 Å². The molecule has 2 aromatic heterocycles. The summed E-state index contributed by atoms with van der Waals surface area (Å²) in [6, 6.07) is 19.8. The van der Waals surface area contributed by atoms with Crippen molar-refractivity contribution in [3.8, 4) is 33.5 Å². The van der Waals surface area contributed by atoms with Gasteiger partial charge in [-0.3, -0.25) is 4.98 Å². The number of benzene rings is 2. The van der Waals surface area contributed by atoms with Crippen LogP contribution in [0.4, 0.5) is 0 Å². The zero-order valence-corrected chi connectivity index (χ0v) is 13.6. The van der Waals surface area contributed by atoms with E-state index in [1.807, 2.05) is 36.4 Å². The van der Waals surface area contributed by atoms with Gasteiger partial charge in [0.15, 0.2) is 5.69 Å². The third-order valence-electron chi connectivity index (χ3n) is 4.14. The summed E-state index contributed by atoms with van der Waals surface area (Å²) in [5, 5.41) is 19.1. The number of H-pyrrole nitrogens is 1. The lowest BCUT2D eigenvalue weighted by Crippen LogP contribution is -1.99. The highest BCUT2D eigenvalue weighted by molar-refractivity contribution is 5.92. The first kappa shape index (κ1) is 15.7. The molecule has 6 nitrogen and oxygen atoms in total. The van der Waals surface area contributed by atoms with E-state index < -0.39 is 5.97 Å². The van der Waals surface area contributed by atoms with Crippen molar-refractivity contribution in [1.29, 1.82) is 0 Å². The van der Waals surface area contributed by atoms with Crippen molar-refractivity contribution in [1.82, 2.24) is 20.4 Å². The average molecular weight is 342 g/mol. The highest BCUT2D eigenvalue weighted by Crippen LogP contribution is 2.27. The lowest BCUT2D eigenvalue weighted by Gasteiger charge is -2.06. The Labute approximate surface area is 149 Å². The lowest BCUT2D eigenvalue weighted by atomic mass is 9.99. The number of aromatic nitrogens is 4. The molecule has 0 unspecified atom stereocenters. The van der Waals surface area contributed by atoms with Gasteiger partial charge in [-0.25, -0.2) is 4.79 Å². The van der Waals surface area contributed by atoms with Crippen molar-refractivity contribution in [3.05, 3.63) is 78.8 Å². The van der Waals surface area contributed by atoms with Crippen LogP contribution in [-0.4, -0.2) is 31.5 Å². The van der Waals surface area contributed by atoms with Crippen LogP contribution in [0.5, 0.6) is 0 Å². The molecular formula is C20H14N4O2. The van der Waals surface area contributed by atoms with Gasteiger partial charge in [-0.1, -0.05) is 48.5 Å². The number of nitrogens with zero attached hydrogens (tertiary/aromatic N) is 3. The summed E-state index contributed by atoms with van der Waals surface area (Å²) in [5.74, 6) is -1.11. The topological polar surface area (TPSA) is 91.8 Å². The van der Waals surface area contributed by atoms with Crippen LogP contribution in [0.25, 0.3) is 33.5 Å². The monoisotopic (exact) mass is 342 g/mol. The molecule has 0 radical (unpaired) electrons. The first-order valence-electron chi connectivity index (χ1n) is 7.98. The number of carbonyl (C=O) groups is 1. The molecule has 0 aliphatic carbocycles. The Kier molecular flexibility index (Phi) is 3.99. The molecular weight excluding hydrogens is 328 g/mol. The molecule has 2 heterocycles.